The normalized spacial score (nSPS) is 17.4. The molecule has 0 saturated carbocycles. The van der Waals surface area contributed by atoms with Crippen LogP contribution in [-0.4, -0.2) is 0 Å². The highest BCUT2D eigenvalue weighted by Gasteiger charge is 2.14. The van der Waals surface area contributed by atoms with Crippen molar-refractivity contribution in [3.05, 3.63) is 0 Å². The SMILES string of the molecule is CCCC(C)C(C)CCC(CC)CC(C)C. The topological polar surface area (TPSA) is 0 Å². The lowest BCUT2D eigenvalue weighted by atomic mass is 9.83. The van der Waals surface area contributed by atoms with Gasteiger partial charge in [-0.3, -0.25) is 0 Å². The van der Waals surface area contributed by atoms with Gasteiger partial charge in [0, 0.05) is 0 Å². The Hall–Kier alpha value is 0. The van der Waals surface area contributed by atoms with Crippen molar-refractivity contribution in [1.82, 2.24) is 0 Å². The van der Waals surface area contributed by atoms with E-state index in [0.29, 0.717) is 0 Å². The highest BCUT2D eigenvalue weighted by atomic mass is 14.2. The van der Waals surface area contributed by atoms with Crippen LogP contribution >= 0.6 is 0 Å². The predicted molar refractivity (Wildman–Crippen MR) is 75.7 cm³/mol. The molecule has 0 saturated heterocycles. The Morgan fingerprint density at radius 3 is 1.75 bits per heavy atom. The second-order valence-electron chi connectivity index (χ2n) is 6.22. The first kappa shape index (κ1) is 16.0. The van der Waals surface area contributed by atoms with Gasteiger partial charge in [0.1, 0.15) is 0 Å². The van der Waals surface area contributed by atoms with Gasteiger partial charge in [0.25, 0.3) is 0 Å². The molecule has 0 spiro atoms. The molecule has 0 aliphatic carbocycles. The molecule has 0 N–H and O–H groups in total. The van der Waals surface area contributed by atoms with E-state index in [-0.39, 0.29) is 0 Å². The molecule has 0 aromatic heterocycles. The molecule has 0 fully saturated rings. The molecule has 0 aliphatic heterocycles. The molecule has 16 heavy (non-hydrogen) atoms. The smallest absolute Gasteiger partial charge is 0.0414 e. The van der Waals surface area contributed by atoms with E-state index in [1.165, 1.54) is 38.5 Å². The lowest BCUT2D eigenvalue weighted by Crippen LogP contribution is -2.11. The lowest BCUT2D eigenvalue weighted by molar-refractivity contribution is 0.287. The Kier molecular flexibility index (Phi) is 9.07. The fourth-order valence-corrected chi connectivity index (χ4v) is 2.68. The van der Waals surface area contributed by atoms with Gasteiger partial charge in [0.05, 0.1) is 0 Å². The van der Waals surface area contributed by atoms with Crippen molar-refractivity contribution in [3.8, 4) is 0 Å². The fourth-order valence-electron chi connectivity index (χ4n) is 2.68. The molecule has 0 aromatic carbocycles. The van der Waals surface area contributed by atoms with Crippen molar-refractivity contribution >= 4 is 0 Å². The highest BCUT2D eigenvalue weighted by molar-refractivity contribution is 4.66. The van der Waals surface area contributed by atoms with Crippen molar-refractivity contribution in [2.75, 3.05) is 0 Å². The van der Waals surface area contributed by atoms with Gasteiger partial charge in [-0.1, -0.05) is 73.6 Å². The zero-order valence-electron chi connectivity index (χ0n) is 12.6. The molecule has 0 amide bonds. The lowest BCUT2D eigenvalue weighted by Gasteiger charge is -2.23. The van der Waals surface area contributed by atoms with Gasteiger partial charge < -0.3 is 0 Å². The van der Waals surface area contributed by atoms with Crippen LogP contribution in [0, 0.1) is 23.7 Å². The minimum Gasteiger partial charge on any atom is -0.0654 e. The van der Waals surface area contributed by atoms with Gasteiger partial charge >= 0.3 is 0 Å². The first-order valence-corrected chi connectivity index (χ1v) is 7.51. The largest absolute Gasteiger partial charge is 0.0654 e. The van der Waals surface area contributed by atoms with Crippen molar-refractivity contribution in [1.29, 1.82) is 0 Å². The maximum atomic E-state index is 2.45. The molecular formula is C16H34. The Morgan fingerprint density at radius 2 is 1.31 bits per heavy atom. The standard InChI is InChI=1S/C16H34/c1-7-9-14(5)15(6)10-11-16(8-2)12-13(3)4/h13-16H,7-12H2,1-6H3. The summed E-state index contributed by atoms with van der Waals surface area (Å²) in [7, 11) is 0. The first-order chi connectivity index (χ1) is 7.51. The summed E-state index contributed by atoms with van der Waals surface area (Å²) in [4.78, 5) is 0. The van der Waals surface area contributed by atoms with Crippen LogP contribution < -0.4 is 0 Å². The number of hydrogen-bond acceptors (Lipinski definition) is 0. The third-order valence-corrected chi connectivity index (χ3v) is 4.13. The molecule has 0 aliphatic rings. The van der Waals surface area contributed by atoms with Crippen LogP contribution in [0.1, 0.15) is 80.1 Å². The fraction of sp³-hybridized carbons (Fsp3) is 1.00. The predicted octanol–water partition coefficient (Wildman–Crippen LogP) is 5.91. The molecule has 3 unspecified atom stereocenters. The molecule has 0 rings (SSSR count). The number of hydrogen-bond donors (Lipinski definition) is 0. The van der Waals surface area contributed by atoms with E-state index < -0.39 is 0 Å². The van der Waals surface area contributed by atoms with E-state index in [1.807, 2.05) is 0 Å². The van der Waals surface area contributed by atoms with Crippen LogP contribution in [0.3, 0.4) is 0 Å². The van der Waals surface area contributed by atoms with E-state index in [4.69, 9.17) is 0 Å². The summed E-state index contributed by atoms with van der Waals surface area (Å²) in [6.45, 7) is 14.2. The zero-order chi connectivity index (χ0) is 12.6. The maximum absolute atomic E-state index is 2.45. The van der Waals surface area contributed by atoms with E-state index >= 15 is 0 Å². The molecule has 3 atom stereocenters. The molecular weight excluding hydrogens is 192 g/mol. The van der Waals surface area contributed by atoms with Gasteiger partial charge in [0.2, 0.25) is 0 Å². The van der Waals surface area contributed by atoms with Gasteiger partial charge in [0.15, 0.2) is 0 Å². The van der Waals surface area contributed by atoms with E-state index in [2.05, 4.69) is 41.5 Å². The Bertz CT molecular complexity index is 148. The quantitative estimate of drug-likeness (QED) is 0.458. The van der Waals surface area contributed by atoms with E-state index in [9.17, 15) is 0 Å². The monoisotopic (exact) mass is 226 g/mol. The highest BCUT2D eigenvalue weighted by Crippen LogP contribution is 2.27. The Labute approximate surface area is 104 Å². The van der Waals surface area contributed by atoms with Crippen molar-refractivity contribution in [2.45, 2.75) is 80.1 Å². The second kappa shape index (κ2) is 9.07. The van der Waals surface area contributed by atoms with Crippen LogP contribution in [0.4, 0.5) is 0 Å². The molecule has 0 aromatic rings. The Balaban J connectivity index is 3.82. The van der Waals surface area contributed by atoms with Crippen LogP contribution in [0.15, 0.2) is 0 Å². The molecule has 0 heterocycles. The van der Waals surface area contributed by atoms with Crippen LogP contribution in [-0.2, 0) is 0 Å². The molecule has 0 heteroatoms. The van der Waals surface area contributed by atoms with Gasteiger partial charge in [-0.15, -0.1) is 0 Å². The van der Waals surface area contributed by atoms with Crippen LogP contribution in [0.25, 0.3) is 0 Å². The zero-order valence-corrected chi connectivity index (χ0v) is 12.6. The summed E-state index contributed by atoms with van der Waals surface area (Å²) in [5, 5.41) is 0. The molecule has 0 bridgehead atoms. The molecule has 0 radical (unpaired) electrons. The summed E-state index contributed by atoms with van der Waals surface area (Å²) in [5.41, 5.74) is 0. The van der Waals surface area contributed by atoms with E-state index in [0.717, 1.165) is 23.7 Å². The average molecular weight is 226 g/mol. The first-order valence-electron chi connectivity index (χ1n) is 7.51. The summed E-state index contributed by atoms with van der Waals surface area (Å²) in [6.07, 6.45) is 8.42. The Morgan fingerprint density at radius 1 is 0.750 bits per heavy atom. The van der Waals surface area contributed by atoms with Gasteiger partial charge in [-0.05, 0) is 30.1 Å². The summed E-state index contributed by atoms with van der Waals surface area (Å²) < 4.78 is 0. The van der Waals surface area contributed by atoms with Crippen LogP contribution in [0.5, 0.6) is 0 Å². The minimum absolute atomic E-state index is 0.869. The maximum Gasteiger partial charge on any atom is -0.0414 e. The van der Waals surface area contributed by atoms with Crippen molar-refractivity contribution < 1.29 is 0 Å². The van der Waals surface area contributed by atoms with Crippen molar-refractivity contribution in [3.63, 3.8) is 0 Å². The van der Waals surface area contributed by atoms with Crippen LogP contribution in [0.2, 0.25) is 0 Å². The molecule has 0 nitrogen and oxygen atoms in total. The van der Waals surface area contributed by atoms with E-state index in [1.54, 1.807) is 0 Å². The third-order valence-electron chi connectivity index (χ3n) is 4.13. The average Bonchev–Trinajstić information content (AvgIpc) is 2.23. The van der Waals surface area contributed by atoms with Gasteiger partial charge in [-0.25, -0.2) is 0 Å². The summed E-state index contributed by atoms with van der Waals surface area (Å²) in [6, 6.07) is 0. The van der Waals surface area contributed by atoms with Gasteiger partial charge in [-0.2, -0.15) is 0 Å². The summed E-state index contributed by atoms with van der Waals surface area (Å²) >= 11 is 0. The third kappa shape index (κ3) is 7.30. The molecule has 98 valence electrons. The second-order valence-corrected chi connectivity index (χ2v) is 6.22. The van der Waals surface area contributed by atoms with Crippen molar-refractivity contribution in [2.24, 2.45) is 23.7 Å². The minimum atomic E-state index is 0.869. The summed E-state index contributed by atoms with van der Waals surface area (Å²) in [5.74, 6) is 3.67. The number of rotatable bonds is 9.